The van der Waals surface area contributed by atoms with E-state index in [1.165, 1.54) is 28.4 Å². The summed E-state index contributed by atoms with van der Waals surface area (Å²) in [5, 5.41) is 14.3. The molecule has 0 radical (unpaired) electrons. The molecule has 2 aromatic heterocycles. The van der Waals surface area contributed by atoms with Crippen molar-refractivity contribution in [2.45, 2.75) is 30.8 Å². The van der Waals surface area contributed by atoms with Crippen molar-refractivity contribution < 1.29 is 9.52 Å². The number of rotatable bonds is 4. The largest absolute Gasteiger partial charge is 0.618 e. The van der Waals surface area contributed by atoms with Gasteiger partial charge in [0.15, 0.2) is 6.20 Å². The van der Waals surface area contributed by atoms with Crippen molar-refractivity contribution >= 4 is 29.0 Å². The molecule has 116 valence electrons. The highest BCUT2D eigenvalue weighted by molar-refractivity contribution is 7.99. The van der Waals surface area contributed by atoms with Crippen molar-refractivity contribution in [3.8, 4) is 0 Å². The van der Waals surface area contributed by atoms with E-state index in [9.17, 15) is 10.0 Å². The highest BCUT2D eigenvalue weighted by Crippen LogP contribution is 2.35. The molecule has 0 fully saturated rings. The zero-order valence-corrected chi connectivity index (χ0v) is 14.0. The lowest BCUT2D eigenvalue weighted by Crippen LogP contribution is -2.40. The van der Waals surface area contributed by atoms with Crippen LogP contribution in [0.1, 0.15) is 29.8 Å². The van der Waals surface area contributed by atoms with Crippen LogP contribution in [-0.4, -0.2) is 23.1 Å². The first kappa shape index (κ1) is 15.4. The van der Waals surface area contributed by atoms with Gasteiger partial charge in [-0.25, -0.2) is 0 Å². The van der Waals surface area contributed by atoms with Crippen LogP contribution in [0.5, 0.6) is 0 Å². The van der Waals surface area contributed by atoms with Gasteiger partial charge in [0.1, 0.15) is 0 Å². The lowest BCUT2D eigenvalue weighted by Gasteiger charge is -2.35. The minimum Gasteiger partial charge on any atom is -0.618 e. The van der Waals surface area contributed by atoms with Crippen molar-refractivity contribution in [1.29, 1.82) is 0 Å². The third-order valence-electron chi connectivity index (χ3n) is 3.93. The van der Waals surface area contributed by atoms with Crippen LogP contribution < -0.4 is 4.73 Å². The first-order chi connectivity index (χ1) is 10.7. The Hall–Kier alpha value is -1.53. The number of fused-ring (bicyclic) bond motifs is 1. The number of aromatic nitrogens is 1. The van der Waals surface area contributed by atoms with Crippen molar-refractivity contribution in [3.05, 3.63) is 51.5 Å². The predicted octanol–water partition coefficient (Wildman–Crippen LogP) is 3.01. The molecule has 1 aliphatic heterocycles. The average molecular weight is 334 g/mol. The van der Waals surface area contributed by atoms with Crippen LogP contribution in [0.4, 0.5) is 0 Å². The number of pyridine rings is 1. The molecule has 0 aliphatic carbocycles. The zero-order chi connectivity index (χ0) is 15.5. The molecule has 2 aromatic rings. The summed E-state index contributed by atoms with van der Waals surface area (Å²) in [5.74, 6) is 0.417. The van der Waals surface area contributed by atoms with Gasteiger partial charge in [0.25, 0.3) is 5.03 Å². The molecule has 1 amide bonds. The molecule has 0 spiro atoms. The molecule has 0 unspecified atom stereocenters. The molecule has 4 nitrogen and oxygen atoms in total. The van der Waals surface area contributed by atoms with Crippen LogP contribution in [0.25, 0.3) is 0 Å². The van der Waals surface area contributed by atoms with Gasteiger partial charge in [-0.1, -0.05) is 6.92 Å². The molecule has 22 heavy (non-hydrogen) atoms. The fourth-order valence-electron chi connectivity index (χ4n) is 2.88. The summed E-state index contributed by atoms with van der Waals surface area (Å²) in [7, 11) is 0. The van der Waals surface area contributed by atoms with E-state index in [1.807, 2.05) is 11.0 Å². The van der Waals surface area contributed by atoms with E-state index in [4.69, 9.17) is 0 Å². The standard InChI is InChI=1S/C16H18N2O2S2/c1-2-13-12-7-10-21-14(12)6-9-17(13)15(19)11-22-16-5-3-4-8-18(16)20/h3-5,7-8,10,13H,2,6,9,11H2,1H3/t13-/m0/s1. The molecular formula is C16H18N2O2S2. The molecular weight excluding hydrogens is 316 g/mol. The third kappa shape index (κ3) is 2.98. The molecule has 0 N–H and O–H groups in total. The van der Waals surface area contributed by atoms with Crippen LogP contribution in [0.3, 0.4) is 0 Å². The smallest absolute Gasteiger partial charge is 0.251 e. The topological polar surface area (TPSA) is 47.2 Å². The van der Waals surface area contributed by atoms with Crippen molar-refractivity contribution in [1.82, 2.24) is 4.90 Å². The summed E-state index contributed by atoms with van der Waals surface area (Å²) in [5.41, 5.74) is 1.30. The monoisotopic (exact) mass is 334 g/mol. The van der Waals surface area contributed by atoms with E-state index in [1.54, 1.807) is 23.5 Å². The Bertz CT molecular complexity index is 672. The maximum atomic E-state index is 12.6. The zero-order valence-electron chi connectivity index (χ0n) is 12.4. The summed E-state index contributed by atoms with van der Waals surface area (Å²) in [4.78, 5) is 16.0. The second kappa shape index (κ2) is 6.71. The van der Waals surface area contributed by atoms with Crippen molar-refractivity contribution in [3.63, 3.8) is 0 Å². The minimum atomic E-state index is 0.109. The number of thioether (sulfide) groups is 1. The van der Waals surface area contributed by atoms with E-state index in [0.717, 1.165) is 24.1 Å². The molecule has 6 heteroatoms. The minimum absolute atomic E-state index is 0.109. The summed E-state index contributed by atoms with van der Waals surface area (Å²) >= 11 is 3.09. The summed E-state index contributed by atoms with van der Waals surface area (Å²) in [6.45, 7) is 2.89. The van der Waals surface area contributed by atoms with Gasteiger partial charge in [-0.2, -0.15) is 4.73 Å². The summed E-state index contributed by atoms with van der Waals surface area (Å²) < 4.78 is 0.808. The van der Waals surface area contributed by atoms with Gasteiger partial charge in [-0.05, 0) is 47.7 Å². The van der Waals surface area contributed by atoms with E-state index >= 15 is 0 Å². The number of nitrogens with zero attached hydrogens (tertiary/aromatic N) is 2. The molecule has 1 aliphatic rings. The van der Waals surface area contributed by atoms with Crippen LogP contribution in [-0.2, 0) is 11.2 Å². The van der Waals surface area contributed by atoms with Gasteiger partial charge in [-0.3, -0.25) is 4.79 Å². The van der Waals surface area contributed by atoms with Crippen LogP contribution >= 0.6 is 23.1 Å². The molecule has 3 rings (SSSR count). The van der Waals surface area contributed by atoms with Crippen LogP contribution in [0.15, 0.2) is 40.9 Å². The number of amides is 1. The highest BCUT2D eigenvalue weighted by Gasteiger charge is 2.30. The molecule has 0 bridgehead atoms. The van der Waals surface area contributed by atoms with Gasteiger partial charge in [-0.15, -0.1) is 11.3 Å². The second-order valence-electron chi connectivity index (χ2n) is 5.21. The Balaban J connectivity index is 1.69. The van der Waals surface area contributed by atoms with Crippen LogP contribution in [0, 0.1) is 5.21 Å². The Morgan fingerprint density at radius 2 is 2.36 bits per heavy atom. The first-order valence-electron chi connectivity index (χ1n) is 7.37. The quantitative estimate of drug-likeness (QED) is 0.490. The third-order valence-corrected chi connectivity index (χ3v) is 5.93. The van der Waals surface area contributed by atoms with E-state index in [-0.39, 0.29) is 11.9 Å². The van der Waals surface area contributed by atoms with Crippen molar-refractivity contribution in [2.24, 2.45) is 0 Å². The molecule has 0 saturated heterocycles. The Labute approximate surface area is 138 Å². The average Bonchev–Trinajstić information content (AvgIpc) is 3.01. The second-order valence-corrected chi connectivity index (χ2v) is 7.21. The Morgan fingerprint density at radius 1 is 1.50 bits per heavy atom. The van der Waals surface area contributed by atoms with Gasteiger partial charge < -0.3 is 10.1 Å². The maximum absolute atomic E-state index is 12.6. The SMILES string of the molecule is CC[C@H]1c2ccsc2CCN1C(=O)CSc1cccc[n+]1[O-]. The molecule has 3 heterocycles. The van der Waals surface area contributed by atoms with E-state index < -0.39 is 0 Å². The molecule has 1 atom stereocenters. The summed E-state index contributed by atoms with van der Waals surface area (Å²) in [6, 6.07) is 7.57. The number of carbonyl (C=O) groups is 1. The highest BCUT2D eigenvalue weighted by atomic mass is 32.2. The van der Waals surface area contributed by atoms with Gasteiger partial charge in [0.2, 0.25) is 5.91 Å². The molecule has 0 saturated carbocycles. The normalized spacial score (nSPS) is 17.3. The fourth-order valence-corrected chi connectivity index (χ4v) is 4.61. The van der Waals surface area contributed by atoms with Gasteiger partial charge >= 0.3 is 0 Å². The maximum Gasteiger partial charge on any atom is 0.251 e. The summed E-state index contributed by atoms with van der Waals surface area (Å²) in [6.07, 6.45) is 3.32. The fraction of sp³-hybridized carbons (Fsp3) is 0.375. The van der Waals surface area contributed by atoms with Crippen molar-refractivity contribution in [2.75, 3.05) is 12.3 Å². The first-order valence-corrected chi connectivity index (χ1v) is 9.24. The van der Waals surface area contributed by atoms with Gasteiger partial charge in [0.05, 0.1) is 11.8 Å². The lowest BCUT2D eigenvalue weighted by molar-refractivity contribution is -0.645. The van der Waals surface area contributed by atoms with E-state index in [2.05, 4.69) is 18.4 Å². The number of thiophene rings is 1. The van der Waals surface area contributed by atoms with E-state index in [0.29, 0.717) is 10.8 Å². The number of carbonyl (C=O) groups excluding carboxylic acids is 1. The number of hydrogen-bond donors (Lipinski definition) is 0. The predicted molar refractivity (Wildman–Crippen MR) is 88.9 cm³/mol. The Kier molecular flexibility index (Phi) is 4.69. The van der Waals surface area contributed by atoms with Crippen LogP contribution in [0.2, 0.25) is 0 Å². The lowest BCUT2D eigenvalue weighted by atomic mass is 9.98. The Morgan fingerprint density at radius 3 is 3.14 bits per heavy atom. The molecule has 0 aromatic carbocycles. The van der Waals surface area contributed by atoms with Gasteiger partial charge in [0, 0.05) is 23.6 Å². The number of hydrogen-bond acceptors (Lipinski definition) is 4.